The summed E-state index contributed by atoms with van der Waals surface area (Å²) in [5.41, 5.74) is 1.23. The predicted octanol–water partition coefficient (Wildman–Crippen LogP) is 4.42. The number of likely N-dealkylation sites (tertiary alicyclic amines) is 1. The summed E-state index contributed by atoms with van der Waals surface area (Å²) in [6.45, 7) is 6.92. The molecule has 2 rings (SSSR count). The highest BCUT2D eigenvalue weighted by Crippen LogP contribution is 2.16. The smallest absolute Gasteiger partial charge is 0.122 e. The Balaban J connectivity index is 1.46. The van der Waals surface area contributed by atoms with Crippen LogP contribution in [0.5, 0.6) is 5.75 Å². The van der Waals surface area contributed by atoms with Gasteiger partial charge in [0.05, 0.1) is 6.61 Å². The molecule has 0 saturated carbocycles. The number of para-hydroxylation sites is 1. The minimum atomic E-state index is 0.856. The number of hydrogen-bond donors (Lipinski definition) is 0. The Kier molecular flexibility index (Phi) is 6.93. The fraction of sp³-hybridized carbons (Fsp3) is 0.667. The summed E-state index contributed by atoms with van der Waals surface area (Å²) in [6, 6.07) is 8.27. The van der Waals surface area contributed by atoms with Crippen LogP contribution in [0.1, 0.15) is 50.5 Å². The maximum Gasteiger partial charge on any atom is 0.122 e. The largest absolute Gasteiger partial charge is 0.493 e. The molecular formula is C18H29NO. The zero-order chi connectivity index (χ0) is 14.0. The van der Waals surface area contributed by atoms with Crippen LogP contribution in [0.2, 0.25) is 0 Å². The van der Waals surface area contributed by atoms with Gasteiger partial charge >= 0.3 is 0 Å². The number of unbranched alkanes of at least 4 members (excludes halogenated alkanes) is 3. The second-order valence-electron chi connectivity index (χ2n) is 5.93. The van der Waals surface area contributed by atoms with Crippen molar-refractivity contribution in [3.05, 3.63) is 29.8 Å². The molecule has 0 spiro atoms. The van der Waals surface area contributed by atoms with E-state index in [9.17, 15) is 0 Å². The van der Waals surface area contributed by atoms with E-state index in [4.69, 9.17) is 4.74 Å². The Morgan fingerprint density at radius 3 is 2.50 bits per heavy atom. The topological polar surface area (TPSA) is 12.5 Å². The SMILES string of the molecule is Cc1ccccc1OCCCCCCN1CCCCC1. The number of benzene rings is 1. The van der Waals surface area contributed by atoms with Crippen LogP contribution in [0, 0.1) is 6.92 Å². The second-order valence-corrected chi connectivity index (χ2v) is 5.93. The molecule has 0 aromatic heterocycles. The lowest BCUT2D eigenvalue weighted by Gasteiger charge is -2.26. The molecular weight excluding hydrogens is 246 g/mol. The van der Waals surface area contributed by atoms with Crippen molar-refractivity contribution in [3.63, 3.8) is 0 Å². The van der Waals surface area contributed by atoms with Crippen LogP contribution < -0.4 is 4.74 Å². The van der Waals surface area contributed by atoms with E-state index >= 15 is 0 Å². The number of piperidine rings is 1. The van der Waals surface area contributed by atoms with Crippen molar-refractivity contribution in [1.82, 2.24) is 4.90 Å². The molecule has 0 N–H and O–H groups in total. The average molecular weight is 275 g/mol. The first-order valence-corrected chi connectivity index (χ1v) is 8.27. The van der Waals surface area contributed by atoms with Crippen molar-refractivity contribution >= 4 is 0 Å². The van der Waals surface area contributed by atoms with Crippen LogP contribution in [0.3, 0.4) is 0 Å². The summed E-state index contributed by atoms with van der Waals surface area (Å²) >= 11 is 0. The summed E-state index contributed by atoms with van der Waals surface area (Å²) < 4.78 is 5.82. The average Bonchev–Trinajstić information content (AvgIpc) is 2.49. The Labute approximate surface area is 124 Å². The normalized spacial score (nSPS) is 16.2. The van der Waals surface area contributed by atoms with Gasteiger partial charge in [0.1, 0.15) is 5.75 Å². The molecule has 20 heavy (non-hydrogen) atoms. The number of hydrogen-bond acceptors (Lipinski definition) is 2. The minimum absolute atomic E-state index is 0.856. The van der Waals surface area contributed by atoms with Gasteiger partial charge in [0.15, 0.2) is 0 Å². The van der Waals surface area contributed by atoms with Gasteiger partial charge in [-0.2, -0.15) is 0 Å². The van der Waals surface area contributed by atoms with E-state index in [-0.39, 0.29) is 0 Å². The third kappa shape index (κ3) is 5.54. The van der Waals surface area contributed by atoms with E-state index in [0.29, 0.717) is 0 Å². The van der Waals surface area contributed by atoms with Crippen molar-refractivity contribution in [2.75, 3.05) is 26.2 Å². The Morgan fingerprint density at radius 2 is 1.70 bits per heavy atom. The molecule has 0 bridgehead atoms. The first-order valence-electron chi connectivity index (χ1n) is 8.27. The minimum Gasteiger partial charge on any atom is -0.493 e. The Hall–Kier alpha value is -1.02. The fourth-order valence-corrected chi connectivity index (χ4v) is 2.87. The third-order valence-electron chi connectivity index (χ3n) is 4.17. The molecule has 0 unspecified atom stereocenters. The van der Waals surface area contributed by atoms with Gasteiger partial charge in [0.2, 0.25) is 0 Å². The number of rotatable bonds is 8. The first-order chi connectivity index (χ1) is 9.86. The zero-order valence-electron chi connectivity index (χ0n) is 12.9. The number of aryl methyl sites for hydroxylation is 1. The fourth-order valence-electron chi connectivity index (χ4n) is 2.87. The molecule has 1 aromatic carbocycles. The van der Waals surface area contributed by atoms with Crippen LogP contribution in [-0.2, 0) is 0 Å². The lowest BCUT2D eigenvalue weighted by Crippen LogP contribution is -2.30. The van der Waals surface area contributed by atoms with E-state index in [0.717, 1.165) is 12.4 Å². The second kappa shape index (κ2) is 9.02. The maximum absolute atomic E-state index is 5.82. The van der Waals surface area contributed by atoms with Crippen molar-refractivity contribution in [1.29, 1.82) is 0 Å². The highest BCUT2D eigenvalue weighted by molar-refractivity contribution is 5.31. The molecule has 0 aliphatic carbocycles. The molecule has 1 aliphatic heterocycles. The van der Waals surface area contributed by atoms with Crippen LogP contribution in [0.4, 0.5) is 0 Å². The highest BCUT2D eigenvalue weighted by atomic mass is 16.5. The first kappa shape index (κ1) is 15.4. The molecule has 112 valence electrons. The maximum atomic E-state index is 5.82. The number of nitrogens with zero attached hydrogens (tertiary/aromatic N) is 1. The van der Waals surface area contributed by atoms with E-state index in [1.54, 1.807) is 0 Å². The Bertz CT molecular complexity index is 371. The molecule has 0 atom stereocenters. The van der Waals surface area contributed by atoms with E-state index < -0.39 is 0 Å². The van der Waals surface area contributed by atoms with Gasteiger partial charge in [0, 0.05) is 0 Å². The van der Waals surface area contributed by atoms with Gasteiger partial charge < -0.3 is 9.64 Å². The van der Waals surface area contributed by atoms with E-state index in [1.807, 2.05) is 6.07 Å². The number of ether oxygens (including phenoxy) is 1. The van der Waals surface area contributed by atoms with E-state index in [2.05, 4.69) is 30.0 Å². The predicted molar refractivity (Wildman–Crippen MR) is 85.4 cm³/mol. The molecule has 2 nitrogen and oxygen atoms in total. The molecule has 1 aliphatic rings. The highest BCUT2D eigenvalue weighted by Gasteiger charge is 2.08. The van der Waals surface area contributed by atoms with Crippen LogP contribution in [0.25, 0.3) is 0 Å². The summed E-state index contributed by atoms with van der Waals surface area (Å²) in [4.78, 5) is 2.63. The summed E-state index contributed by atoms with van der Waals surface area (Å²) in [5, 5.41) is 0. The monoisotopic (exact) mass is 275 g/mol. The zero-order valence-corrected chi connectivity index (χ0v) is 12.9. The molecule has 0 radical (unpaired) electrons. The summed E-state index contributed by atoms with van der Waals surface area (Å²) in [7, 11) is 0. The van der Waals surface area contributed by atoms with Crippen molar-refractivity contribution in [2.45, 2.75) is 51.9 Å². The standard InChI is InChI=1S/C18H29NO/c1-17-11-5-6-12-18(17)20-16-10-3-2-7-13-19-14-8-4-9-15-19/h5-6,11-12H,2-4,7-10,13-16H2,1H3. The van der Waals surface area contributed by atoms with Crippen LogP contribution in [0.15, 0.2) is 24.3 Å². The Morgan fingerprint density at radius 1 is 0.950 bits per heavy atom. The van der Waals surface area contributed by atoms with Gasteiger partial charge in [-0.3, -0.25) is 0 Å². The molecule has 1 fully saturated rings. The molecule has 1 heterocycles. The van der Waals surface area contributed by atoms with Gasteiger partial charge in [-0.25, -0.2) is 0 Å². The molecule has 1 aromatic rings. The van der Waals surface area contributed by atoms with Gasteiger partial charge in [-0.05, 0) is 63.9 Å². The molecule has 1 saturated heterocycles. The lowest BCUT2D eigenvalue weighted by atomic mass is 10.1. The lowest BCUT2D eigenvalue weighted by molar-refractivity contribution is 0.223. The van der Waals surface area contributed by atoms with E-state index in [1.165, 1.54) is 70.1 Å². The molecule has 0 amide bonds. The van der Waals surface area contributed by atoms with Gasteiger partial charge in [-0.1, -0.05) is 37.5 Å². The van der Waals surface area contributed by atoms with Gasteiger partial charge in [-0.15, -0.1) is 0 Å². The summed E-state index contributed by atoms with van der Waals surface area (Å²) in [5.74, 6) is 1.04. The van der Waals surface area contributed by atoms with Gasteiger partial charge in [0.25, 0.3) is 0 Å². The molecule has 2 heteroatoms. The van der Waals surface area contributed by atoms with Crippen LogP contribution in [-0.4, -0.2) is 31.1 Å². The van der Waals surface area contributed by atoms with Crippen molar-refractivity contribution in [2.24, 2.45) is 0 Å². The van der Waals surface area contributed by atoms with Crippen molar-refractivity contribution < 1.29 is 4.74 Å². The van der Waals surface area contributed by atoms with Crippen molar-refractivity contribution in [3.8, 4) is 5.75 Å². The summed E-state index contributed by atoms with van der Waals surface area (Å²) in [6.07, 6.45) is 9.41. The quantitative estimate of drug-likeness (QED) is 0.651. The van der Waals surface area contributed by atoms with Crippen LogP contribution >= 0.6 is 0 Å². The third-order valence-corrected chi connectivity index (χ3v) is 4.17.